The molecule has 6 nitrogen and oxygen atoms in total. The molecule has 0 saturated heterocycles. The molecule has 2 amide bonds. The van der Waals surface area contributed by atoms with Gasteiger partial charge in [-0.3, -0.25) is 9.59 Å². The van der Waals surface area contributed by atoms with E-state index >= 15 is 0 Å². The molecule has 2 aromatic rings. The molecule has 0 radical (unpaired) electrons. The highest BCUT2D eigenvalue weighted by molar-refractivity contribution is 5.98. The molecule has 2 N–H and O–H groups in total. The summed E-state index contributed by atoms with van der Waals surface area (Å²) in [6.45, 7) is 3.07. The first-order valence-electron chi connectivity index (χ1n) is 8.71. The third-order valence-electron chi connectivity index (χ3n) is 4.33. The monoisotopic (exact) mass is 374 g/mol. The summed E-state index contributed by atoms with van der Waals surface area (Å²) in [6, 6.07) is 6.74. The molecule has 2 heterocycles. The lowest BCUT2D eigenvalue weighted by Gasteiger charge is -2.15. The molecule has 0 fully saturated rings. The van der Waals surface area contributed by atoms with Gasteiger partial charge in [-0.2, -0.15) is 0 Å². The zero-order valence-corrected chi connectivity index (χ0v) is 14.9. The van der Waals surface area contributed by atoms with Crippen LogP contribution in [0.4, 0.5) is 14.6 Å². The average Bonchev–Trinajstić information content (AvgIpc) is 2.96. The number of hydrogen-bond donors (Lipinski definition) is 2. The van der Waals surface area contributed by atoms with E-state index in [0.717, 1.165) is 6.07 Å². The van der Waals surface area contributed by atoms with Gasteiger partial charge < -0.3 is 15.5 Å². The van der Waals surface area contributed by atoms with E-state index in [9.17, 15) is 18.4 Å². The van der Waals surface area contributed by atoms with Gasteiger partial charge >= 0.3 is 0 Å². The summed E-state index contributed by atoms with van der Waals surface area (Å²) in [7, 11) is 0. The molecule has 8 heteroatoms. The summed E-state index contributed by atoms with van der Waals surface area (Å²) in [4.78, 5) is 29.7. The molecule has 1 aliphatic rings. The van der Waals surface area contributed by atoms with Crippen LogP contribution in [-0.4, -0.2) is 34.8 Å². The summed E-state index contributed by atoms with van der Waals surface area (Å²) >= 11 is 0. The van der Waals surface area contributed by atoms with E-state index < -0.39 is 11.6 Å². The number of nitrogens with zero attached hydrogens (tertiary/aromatic N) is 2. The Labute approximate surface area is 155 Å². The van der Waals surface area contributed by atoms with Gasteiger partial charge in [-0.25, -0.2) is 13.8 Å². The second kappa shape index (κ2) is 8.11. The van der Waals surface area contributed by atoms with Crippen LogP contribution in [0.15, 0.2) is 30.3 Å². The van der Waals surface area contributed by atoms with Crippen LogP contribution in [0.1, 0.15) is 35.0 Å². The Kier molecular flexibility index (Phi) is 5.63. The van der Waals surface area contributed by atoms with Crippen LogP contribution in [0.25, 0.3) is 0 Å². The molecule has 0 bridgehead atoms. The quantitative estimate of drug-likeness (QED) is 0.781. The lowest BCUT2D eigenvalue weighted by atomic mass is 10.2. The molecular weight excluding hydrogens is 354 g/mol. The van der Waals surface area contributed by atoms with E-state index in [4.69, 9.17) is 0 Å². The maximum absolute atomic E-state index is 13.7. The van der Waals surface area contributed by atoms with Crippen molar-refractivity contribution in [1.82, 2.24) is 15.2 Å². The van der Waals surface area contributed by atoms with E-state index in [0.29, 0.717) is 48.7 Å². The number of pyridine rings is 1. The van der Waals surface area contributed by atoms with Crippen LogP contribution < -0.4 is 10.6 Å². The lowest BCUT2D eigenvalue weighted by molar-refractivity contribution is -0.120. The second-order valence-electron chi connectivity index (χ2n) is 6.21. The van der Waals surface area contributed by atoms with Crippen molar-refractivity contribution in [3.05, 3.63) is 58.8 Å². The molecule has 0 unspecified atom stereocenters. The standard InChI is InChI=1S/C19H20F2N4O2/c1-2-18(26)22-7-8-25-11-16-14(19(25)27)5-6-17(24-16)23-10-12-3-4-13(20)9-15(12)21/h3-6,9H,2,7-8,10-11H2,1H3,(H,22,26)(H,23,24). The van der Waals surface area contributed by atoms with Gasteiger partial charge in [0.1, 0.15) is 17.5 Å². The fraction of sp³-hybridized carbons (Fsp3) is 0.316. The number of halogens is 2. The number of carbonyl (C=O) groups excluding carboxylic acids is 2. The van der Waals surface area contributed by atoms with Crippen LogP contribution in [-0.2, 0) is 17.9 Å². The van der Waals surface area contributed by atoms with Crippen molar-refractivity contribution < 1.29 is 18.4 Å². The Hall–Kier alpha value is -3.03. The predicted molar refractivity (Wildman–Crippen MR) is 96.0 cm³/mol. The van der Waals surface area contributed by atoms with E-state index in [1.54, 1.807) is 24.0 Å². The van der Waals surface area contributed by atoms with Crippen LogP contribution in [0.2, 0.25) is 0 Å². The maximum Gasteiger partial charge on any atom is 0.256 e. The van der Waals surface area contributed by atoms with Gasteiger partial charge in [0.25, 0.3) is 5.91 Å². The minimum atomic E-state index is -0.626. The van der Waals surface area contributed by atoms with Crippen LogP contribution in [0, 0.1) is 11.6 Å². The Bertz CT molecular complexity index is 873. The number of amides is 2. The number of rotatable bonds is 7. The Morgan fingerprint density at radius 2 is 2.07 bits per heavy atom. The van der Waals surface area contributed by atoms with Crippen molar-refractivity contribution in [2.75, 3.05) is 18.4 Å². The van der Waals surface area contributed by atoms with Crippen molar-refractivity contribution in [2.45, 2.75) is 26.4 Å². The van der Waals surface area contributed by atoms with Gasteiger partial charge in [0, 0.05) is 37.7 Å². The van der Waals surface area contributed by atoms with Crippen molar-refractivity contribution >= 4 is 17.6 Å². The summed E-state index contributed by atoms with van der Waals surface area (Å²) in [5.41, 5.74) is 1.48. The summed E-state index contributed by atoms with van der Waals surface area (Å²) < 4.78 is 26.6. The van der Waals surface area contributed by atoms with Gasteiger partial charge in [-0.1, -0.05) is 13.0 Å². The Balaban J connectivity index is 1.60. The molecule has 0 spiro atoms. The SMILES string of the molecule is CCC(=O)NCCN1Cc2nc(NCc3ccc(F)cc3F)ccc2C1=O. The number of anilines is 1. The summed E-state index contributed by atoms with van der Waals surface area (Å²) in [5, 5.41) is 5.72. The maximum atomic E-state index is 13.7. The van der Waals surface area contributed by atoms with Gasteiger partial charge in [0.05, 0.1) is 17.8 Å². The zero-order valence-electron chi connectivity index (χ0n) is 14.9. The first-order chi connectivity index (χ1) is 13.0. The Morgan fingerprint density at radius 1 is 1.26 bits per heavy atom. The van der Waals surface area contributed by atoms with Crippen molar-refractivity contribution in [1.29, 1.82) is 0 Å². The summed E-state index contributed by atoms with van der Waals surface area (Å²) in [5.74, 6) is -0.928. The molecule has 0 atom stereocenters. The Morgan fingerprint density at radius 3 is 2.81 bits per heavy atom. The predicted octanol–water partition coefficient (Wildman–Crippen LogP) is 2.45. The normalized spacial score (nSPS) is 12.9. The van der Waals surface area contributed by atoms with E-state index in [2.05, 4.69) is 15.6 Å². The topological polar surface area (TPSA) is 74.3 Å². The van der Waals surface area contributed by atoms with Gasteiger partial charge in [0.2, 0.25) is 5.91 Å². The zero-order chi connectivity index (χ0) is 19.4. The fourth-order valence-electron chi connectivity index (χ4n) is 2.82. The number of aromatic nitrogens is 1. The lowest BCUT2D eigenvalue weighted by Crippen LogP contribution is -2.34. The van der Waals surface area contributed by atoms with Crippen LogP contribution in [0.3, 0.4) is 0 Å². The highest BCUT2D eigenvalue weighted by Crippen LogP contribution is 2.23. The van der Waals surface area contributed by atoms with E-state index in [1.165, 1.54) is 12.1 Å². The average molecular weight is 374 g/mol. The highest BCUT2D eigenvalue weighted by Gasteiger charge is 2.28. The second-order valence-corrected chi connectivity index (χ2v) is 6.21. The van der Waals surface area contributed by atoms with Gasteiger partial charge in [-0.15, -0.1) is 0 Å². The molecule has 1 aromatic carbocycles. The number of hydrogen-bond acceptors (Lipinski definition) is 4. The molecule has 0 saturated carbocycles. The van der Waals surface area contributed by atoms with E-state index in [1.807, 2.05) is 0 Å². The minimum absolute atomic E-state index is 0.0585. The van der Waals surface area contributed by atoms with E-state index in [-0.39, 0.29) is 18.4 Å². The first kappa shape index (κ1) is 18.8. The van der Waals surface area contributed by atoms with Crippen molar-refractivity contribution in [3.63, 3.8) is 0 Å². The largest absolute Gasteiger partial charge is 0.366 e. The number of benzene rings is 1. The van der Waals surface area contributed by atoms with Crippen LogP contribution >= 0.6 is 0 Å². The van der Waals surface area contributed by atoms with Gasteiger partial charge in [0.15, 0.2) is 0 Å². The molecule has 0 aliphatic carbocycles. The smallest absolute Gasteiger partial charge is 0.256 e. The third-order valence-corrected chi connectivity index (χ3v) is 4.33. The third kappa shape index (κ3) is 4.39. The van der Waals surface area contributed by atoms with Gasteiger partial charge in [-0.05, 0) is 18.2 Å². The van der Waals surface area contributed by atoms with Crippen molar-refractivity contribution in [3.8, 4) is 0 Å². The number of nitrogens with one attached hydrogen (secondary N) is 2. The van der Waals surface area contributed by atoms with Crippen molar-refractivity contribution in [2.24, 2.45) is 0 Å². The molecule has 1 aliphatic heterocycles. The number of carbonyl (C=O) groups is 2. The minimum Gasteiger partial charge on any atom is -0.366 e. The molecule has 27 heavy (non-hydrogen) atoms. The molecular formula is C19H20F2N4O2. The summed E-state index contributed by atoms with van der Waals surface area (Å²) in [6.07, 6.45) is 0.402. The number of fused-ring (bicyclic) bond motifs is 1. The molecule has 1 aromatic heterocycles. The highest BCUT2D eigenvalue weighted by atomic mass is 19.1. The van der Waals surface area contributed by atoms with Crippen LogP contribution in [0.5, 0.6) is 0 Å². The first-order valence-corrected chi connectivity index (χ1v) is 8.71. The molecule has 142 valence electrons. The molecule has 3 rings (SSSR count). The fourth-order valence-corrected chi connectivity index (χ4v) is 2.82.